The fourth-order valence-corrected chi connectivity index (χ4v) is 2.42. The van der Waals surface area contributed by atoms with Gasteiger partial charge in [-0.15, -0.1) is 0 Å². The third-order valence-corrected chi connectivity index (χ3v) is 3.97. The van der Waals surface area contributed by atoms with Crippen LogP contribution in [0, 0.1) is 0 Å². The number of hydrogen-bond acceptors (Lipinski definition) is 3. The molecule has 2 amide bonds. The van der Waals surface area contributed by atoms with Crippen molar-refractivity contribution < 1.29 is 9.59 Å². The van der Waals surface area contributed by atoms with Gasteiger partial charge in [0.1, 0.15) is 0 Å². The van der Waals surface area contributed by atoms with E-state index in [0.29, 0.717) is 25.6 Å². The summed E-state index contributed by atoms with van der Waals surface area (Å²) < 4.78 is 0. The number of likely N-dealkylation sites (N-methyl/N-ethyl adjacent to an activating group) is 1. The highest BCUT2D eigenvalue weighted by atomic mass is 16.2. The van der Waals surface area contributed by atoms with E-state index in [1.54, 1.807) is 11.9 Å². The van der Waals surface area contributed by atoms with Crippen LogP contribution in [0.15, 0.2) is 24.3 Å². The van der Waals surface area contributed by atoms with Crippen molar-refractivity contribution in [1.82, 2.24) is 9.80 Å². The lowest BCUT2D eigenvalue weighted by atomic mass is 9.99. The summed E-state index contributed by atoms with van der Waals surface area (Å²) in [6, 6.07) is 7.87. The number of rotatable bonds is 4. The first-order valence-corrected chi connectivity index (χ1v) is 7.30. The third-order valence-electron chi connectivity index (χ3n) is 3.97. The summed E-state index contributed by atoms with van der Waals surface area (Å²) in [6.07, 6.45) is 0. The van der Waals surface area contributed by atoms with Gasteiger partial charge in [0.15, 0.2) is 0 Å². The average Bonchev–Trinajstić information content (AvgIpc) is 2.48. The molecule has 0 aliphatic carbocycles. The molecular weight excluding hydrogens is 266 g/mol. The molecule has 1 aliphatic heterocycles. The Morgan fingerprint density at radius 3 is 2.19 bits per heavy atom. The minimum Gasteiger partial charge on any atom is -0.336 e. The number of benzene rings is 1. The second-order valence-electron chi connectivity index (χ2n) is 5.91. The largest absolute Gasteiger partial charge is 0.336 e. The van der Waals surface area contributed by atoms with Crippen molar-refractivity contribution in [2.24, 2.45) is 5.73 Å². The summed E-state index contributed by atoms with van der Waals surface area (Å²) in [4.78, 5) is 26.6. The van der Waals surface area contributed by atoms with Crippen LogP contribution in [0.1, 0.15) is 36.9 Å². The van der Waals surface area contributed by atoms with E-state index in [-0.39, 0.29) is 6.04 Å². The molecule has 0 spiro atoms. The van der Waals surface area contributed by atoms with Gasteiger partial charge in [0.25, 0.3) is 0 Å². The number of amides is 2. The molecule has 114 valence electrons. The molecule has 21 heavy (non-hydrogen) atoms. The smallest absolute Gasteiger partial charge is 0.312 e. The van der Waals surface area contributed by atoms with Crippen molar-refractivity contribution in [2.75, 3.05) is 26.7 Å². The Kier molecular flexibility index (Phi) is 4.63. The van der Waals surface area contributed by atoms with Gasteiger partial charge >= 0.3 is 11.8 Å². The van der Waals surface area contributed by atoms with Gasteiger partial charge < -0.3 is 15.5 Å². The summed E-state index contributed by atoms with van der Waals surface area (Å²) in [5.74, 6) is -0.436. The van der Waals surface area contributed by atoms with E-state index in [4.69, 9.17) is 5.73 Å². The molecule has 1 aromatic carbocycles. The second-order valence-corrected chi connectivity index (χ2v) is 5.91. The topological polar surface area (TPSA) is 66.6 Å². The van der Waals surface area contributed by atoms with Gasteiger partial charge in [0.2, 0.25) is 0 Å². The molecule has 1 saturated heterocycles. The Morgan fingerprint density at radius 2 is 1.62 bits per heavy atom. The van der Waals surface area contributed by atoms with E-state index >= 15 is 0 Å². The van der Waals surface area contributed by atoms with Gasteiger partial charge in [-0.25, -0.2) is 0 Å². The zero-order valence-electron chi connectivity index (χ0n) is 12.9. The van der Waals surface area contributed by atoms with Crippen molar-refractivity contribution in [3.63, 3.8) is 0 Å². The lowest BCUT2D eigenvalue weighted by Crippen LogP contribution is -2.54. The zero-order chi connectivity index (χ0) is 15.6. The summed E-state index contributed by atoms with van der Waals surface area (Å²) in [5.41, 5.74) is 8.42. The predicted molar refractivity (Wildman–Crippen MR) is 81.7 cm³/mol. The van der Waals surface area contributed by atoms with Crippen molar-refractivity contribution in [2.45, 2.75) is 25.8 Å². The summed E-state index contributed by atoms with van der Waals surface area (Å²) >= 11 is 0. The monoisotopic (exact) mass is 289 g/mol. The fourth-order valence-electron chi connectivity index (χ4n) is 2.42. The summed E-state index contributed by atoms with van der Waals surface area (Å²) in [6.45, 7) is 5.76. The maximum atomic E-state index is 11.9. The average molecular weight is 289 g/mol. The molecule has 1 unspecified atom stereocenters. The number of carbonyl (C=O) groups excluding carboxylic acids is 2. The Hall–Kier alpha value is -1.88. The van der Waals surface area contributed by atoms with Crippen LogP contribution in [0.25, 0.3) is 0 Å². The van der Waals surface area contributed by atoms with Crippen molar-refractivity contribution in [3.8, 4) is 0 Å². The van der Waals surface area contributed by atoms with Crippen molar-refractivity contribution >= 4 is 11.8 Å². The zero-order valence-corrected chi connectivity index (χ0v) is 12.9. The SMILES string of the molecule is CC(C)c1ccc(C(N)CN2CCN(C)C(=O)C2=O)cc1. The lowest BCUT2D eigenvalue weighted by molar-refractivity contribution is -0.155. The highest BCUT2D eigenvalue weighted by molar-refractivity contribution is 6.35. The Bertz CT molecular complexity index is 525. The normalized spacial score (nSPS) is 17.6. The maximum Gasteiger partial charge on any atom is 0.312 e. The standard InChI is InChI=1S/C16H23N3O2/c1-11(2)12-4-6-13(7-5-12)14(17)10-19-9-8-18(3)15(20)16(19)21/h4-7,11,14H,8-10,17H2,1-3H3. The number of carbonyl (C=O) groups is 2. The van der Waals surface area contributed by atoms with Crippen LogP contribution < -0.4 is 5.73 Å². The fraction of sp³-hybridized carbons (Fsp3) is 0.500. The molecule has 2 N–H and O–H groups in total. The van der Waals surface area contributed by atoms with Crippen LogP contribution in [-0.4, -0.2) is 48.3 Å². The van der Waals surface area contributed by atoms with Crippen LogP contribution in [0.3, 0.4) is 0 Å². The van der Waals surface area contributed by atoms with E-state index < -0.39 is 11.8 Å². The highest BCUT2D eigenvalue weighted by Crippen LogP contribution is 2.19. The van der Waals surface area contributed by atoms with Crippen LogP contribution in [0.5, 0.6) is 0 Å². The molecular formula is C16H23N3O2. The van der Waals surface area contributed by atoms with E-state index in [9.17, 15) is 9.59 Å². The molecule has 1 fully saturated rings. The summed E-state index contributed by atoms with van der Waals surface area (Å²) in [7, 11) is 1.64. The molecule has 1 aliphatic rings. The molecule has 5 heteroatoms. The first-order valence-electron chi connectivity index (χ1n) is 7.30. The predicted octanol–water partition coefficient (Wildman–Crippen LogP) is 1.11. The third kappa shape index (κ3) is 3.42. The number of piperazine rings is 1. The van der Waals surface area contributed by atoms with Gasteiger partial charge in [0, 0.05) is 32.7 Å². The Balaban J connectivity index is 2.02. The van der Waals surface area contributed by atoms with Crippen LogP contribution >= 0.6 is 0 Å². The Labute approximate surface area is 125 Å². The molecule has 0 bridgehead atoms. The van der Waals surface area contributed by atoms with Gasteiger partial charge in [-0.05, 0) is 17.0 Å². The van der Waals surface area contributed by atoms with Gasteiger partial charge in [-0.2, -0.15) is 0 Å². The molecule has 5 nitrogen and oxygen atoms in total. The van der Waals surface area contributed by atoms with E-state index in [2.05, 4.69) is 26.0 Å². The van der Waals surface area contributed by atoms with Crippen LogP contribution in [0.2, 0.25) is 0 Å². The molecule has 0 saturated carbocycles. The minimum atomic E-state index is -0.460. The van der Waals surface area contributed by atoms with E-state index in [1.807, 2.05) is 12.1 Å². The quantitative estimate of drug-likeness (QED) is 0.844. The maximum absolute atomic E-state index is 11.9. The molecule has 1 heterocycles. The first-order chi connectivity index (χ1) is 9.90. The number of hydrogen-bond donors (Lipinski definition) is 1. The van der Waals surface area contributed by atoms with Gasteiger partial charge in [-0.3, -0.25) is 9.59 Å². The molecule has 2 rings (SSSR count). The minimum absolute atomic E-state index is 0.272. The van der Waals surface area contributed by atoms with Crippen molar-refractivity contribution in [1.29, 1.82) is 0 Å². The Morgan fingerprint density at radius 1 is 1.05 bits per heavy atom. The number of nitrogens with two attached hydrogens (primary N) is 1. The van der Waals surface area contributed by atoms with Crippen LogP contribution in [0.4, 0.5) is 0 Å². The van der Waals surface area contributed by atoms with Crippen LogP contribution in [-0.2, 0) is 9.59 Å². The first kappa shape index (κ1) is 15.5. The molecule has 1 atom stereocenters. The second kappa shape index (κ2) is 6.26. The summed E-state index contributed by atoms with van der Waals surface area (Å²) in [5, 5.41) is 0. The molecule has 0 aromatic heterocycles. The van der Waals surface area contributed by atoms with E-state index in [1.165, 1.54) is 10.5 Å². The van der Waals surface area contributed by atoms with E-state index in [0.717, 1.165) is 5.56 Å². The molecule has 1 aromatic rings. The lowest BCUT2D eigenvalue weighted by Gasteiger charge is -2.33. The number of nitrogens with zero attached hydrogens (tertiary/aromatic N) is 2. The highest BCUT2D eigenvalue weighted by Gasteiger charge is 2.31. The van der Waals surface area contributed by atoms with Gasteiger partial charge in [0.05, 0.1) is 0 Å². The van der Waals surface area contributed by atoms with Gasteiger partial charge in [-0.1, -0.05) is 38.1 Å². The molecule has 0 radical (unpaired) electrons. The van der Waals surface area contributed by atoms with Crippen molar-refractivity contribution in [3.05, 3.63) is 35.4 Å².